The van der Waals surface area contributed by atoms with Gasteiger partial charge in [0.25, 0.3) is 5.91 Å². The number of primary amides is 1. The Bertz CT molecular complexity index is 599. The van der Waals surface area contributed by atoms with E-state index in [1.54, 1.807) is 22.6 Å². The van der Waals surface area contributed by atoms with Gasteiger partial charge in [0.05, 0.1) is 3.57 Å². The molecule has 0 spiro atoms. The van der Waals surface area contributed by atoms with Gasteiger partial charge in [-0.2, -0.15) is 15.4 Å². The second kappa shape index (κ2) is 4.28. The van der Waals surface area contributed by atoms with Crippen molar-refractivity contribution >= 4 is 28.5 Å². The van der Waals surface area contributed by atoms with E-state index in [0.717, 1.165) is 0 Å². The molecule has 8 heteroatoms. The summed E-state index contributed by atoms with van der Waals surface area (Å²) in [4.78, 5) is 11.0. The van der Waals surface area contributed by atoms with Gasteiger partial charge in [0.1, 0.15) is 5.69 Å². The van der Waals surface area contributed by atoms with Gasteiger partial charge in [0, 0.05) is 5.56 Å². The van der Waals surface area contributed by atoms with E-state index >= 15 is 0 Å². The molecule has 17 heavy (non-hydrogen) atoms. The molecule has 0 atom stereocenters. The Morgan fingerprint density at radius 1 is 1.47 bits per heavy atom. The van der Waals surface area contributed by atoms with E-state index in [9.17, 15) is 14.3 Å². The van der Waals surface area contributed by atoms with Crippen molar-refractivity contribution in [3.8, 4) is 17.0 Å². The maximum absolute atomic E-state index is 13.5. The molecule has 4 N–H and O–H groups in total. The molecule has 0 fully saturated rings. The monoisotopic (exact) mass is 348 g/mol. The second-order valence-corrected chi connectivity index (χ2v) is 4.30. The highest BCUT2D eigenvalue weighted by Crippen LogP contribution is 2.33. The zero-order valence-electron chi connectivity index (χ0n) is 8.24. The molecule has 1 aromatic carbocycles. The Balaban J connectivity index is 2.65. The molecule has 0 unspecified atom stereocenters. The molecule has 0 aliphatic rings. The van der Waals surface area contributed by atoms with Crippen LogP contribution in [-0.2, 0) is 0 Å². The molecular weight excluding hydrogens is 342 g/mol. The van der Waals surface area contributed by atoms with Crippen molar-refractivity contribution in [2.45, 2.75) is 0 Å². The molecule has 1 amide bonds. The Kier molecular flexibility index (Phi) is 2.96. The third-order valence-corrected chi connectivity index (χ3v) is 2.94. The number of aromatic nitrogens is 3. The van der Waals surface area contributed by atoms with E-state index in [0.29, 0.717) is 0 Å². The number of amides is 1. The van der Waals surface area contributed by atoms with Crippen molar-refractivity contribution in [3.63, 3.8) is 0 Å². The number of H-pyrrole nitrogens is 1. The first-order valence-corrected chi connectivity index (χ1v) is 5.48. The van der Waals surface area contributed by atoms with Crippen LogP contribution in [-0.4, -0.2) is 26.4 Å². The topological polar surface area (TPSA) is 105 Å². The predicted octanol–water partition coefficient (Wildman–Crippen LogP) is 1.02. The number of hydrogen-bond acceptors (Lipinski definition) is 4. The maximum Gasteiger partial charge on any atom is 0.271 e. The predicted molar refractivity (Wildman–Crippen MR) is 64.7 cm³/mol. The molecule has 0 saturated carbocycles. The quantitative estimate of drug-likeness (QED) is 0.705. The number of nitrogens with zero attached hydrogens (tertiary/aromatic N) is 2. The molecule has 1 heterocycles. The Labute approximate surface area is 108 Å². The number of nitrogens with one attached hydrogen (secondary N) is 1. The average Bonchev–Trinajstić information content (AvgIpc) is 2.75. The van der Waals surface area contributed by atoms with Gasteiger partial charge in [-0.25, -0.2) is 4.39 Å². The number of rotatable bonds is 2. The van der Waals surface area contributed by atoms with Crippen LogP contribution >= 0.6 is 22.6 Å². The van der Waals surface area contributed by atoms with Crippen LogP contribution in [0.25, 0.3) is 11.3 Å². The fraction of sp³-hybridized carbons (Fsp3) is 0. The van der Waals surface area contributed by atoms with Gasteiger partial charge in [0.15, 0.2) is 17.3 Å². The van der Waals surface area contributed by atoms with Crippen molar-refractivity contribution in [1.82, 2.24) is 15.4 Å². The average molecular weight is 348 g/mol. The summed E-state index contributed by atoms with van der Waals surface area (Å²) in [6.45, 7) is 0. The molecule has 0 saturated heterocycles. The van der Waals surface area contributed by atoms with Crippen molar-refractivity contribution in [2.75, 3.05) is 0 Å². The third-order valence-electron chi connectivity index (χ3n) is 2.11. The van der Waals surface area contributed by atoms with Crippen LogP contribution in [0.4, 0.5) is 4.39 Å². The number of carbonyl (C=O) groups is 1. The van der Waals surface area contributed by atoms with Crippen molar-refractivity contribution in [2.24, 2.45) is 5.73 Å². The zero-order chi connectivity index (χ0) is 12.6. The smallest absolute Gasteiger partial charge is 0.271 e. The molecule has 2 rings (SSSR count). The Morgan fingerprint density at radius 3 is 2.82 bits per heavy atom. The molecule has 1 aromatic heterocycles. The number of phenols is 1. The number of phenolic OH excluding ortho intramolecular Hbond substituents is 1. The summed E-state index contributed by atoms with van der Waals surface area (Å²) in [5.41, 5.74) is 5.00. The highest BCUT2D eigenvalue weighted by atomic mass is 127. The minimum absolute atomic E-state index is 0.0188. The van der Waals surface area contributed by atoms with Gasteiger partial charge in [-0.1, -0.05) is 0 Å². The summed E-state index contributed by atoms with van der Waals surface area (Å²) in [7, 11) is 0. The summed E-state index contributed by atoms with van der Waals surface area (Å²) in [5, 5.41) is 19.1. The van der Waals surface area contributed by atoms with Crippen LogP contribution in [0, 0.1) is 9.39 Å². The van der Waals surface area contributed by atoms with Gasteiger partial charge >= 0.3 is 0 Å². The molecule has 88 valence electrons. The second-order valence-electron chi connectivity index (χ2n) is 3.14. The minimum atomic E-state index is -0.813. The standard InChI is InChI=1S/C9H6FIN4O2/c10-5-4(11)2-1-3(8(5)16)6-7(9(12)17)14-15-13-6/h1-2,16H,(H2,12,17)(H,13,14,15). The Hall–Kier alpha value is -1.71. The lowest BCUT2D eigenvalue weighted by Crippen LogP contribution is -2.12. The van der Waals surface area contributed by atoms with Crippen molar-refractivity contribution in [3.05, 3.63) is 27.2 Å². The first-order chi connectivity index (χ1) is 8.02. The summed E-state index contributed by atoms with van der Waals surface area (Å²) in [6, 6.07) is 2.88. The lowest BCUT2D eigenvalue weighted by molar-refractivity contribution is 0.0996. The fourth-order valence-electron chi connectivity index (χ4n) is 1.32. The van der Waals surface area contributed by atoms with E-state index in [4.69, 9.17) is 5.73 Å². The molecular formula is C9H6FIN4O2. The molecule has 0 aliphatic carbocycles. The van der Waals surface area contributed by atoms with Crippen LogP contribution in [0.15, 0.2) is 12.1 Å². The van der Waals surface area contributed by atoms with E-state index in [-0.39, 0.29) is 20.5 Å². The minimum Gasteiger partial charge on any atom is -0.504 e. The summed E-state index contributed by atoms with van der Waals surface area (Å²) in [6.07, 6.45) is 0. The highest BCUT2D eigenvalue weighted by Gasteiger charge is 2.20. The van der Waals surface area contributed by atoms with E-state index in [1.807, 2.05) is 0 Å². The first-order valence-electron chi connectivity index (χ1n) is 4.40. The number of benzene rings is 1. The fourth-order valence-corrected chi connectivity index (χ4v) is 1.76. The van der Waals surface area contributed by atoms with Gasteiger partial charge in [-0.3, -0.25) is 4.79 Å². The summed E-state index contributed by atoms with van der Waals surface area (Å²) >= 11 is 1.74. The Morgan fingerprint density at radius 2 is 2.18 bits per heavy atom. The van der Waals surface area contributed by atoms with Crippen LogP contribution in [0.1, 0.15) is 10.5 Å². The summed E-state index contributed by atoms with van der Waals surface area (Å²) in [5.74, 6) is -2.18. The number of hydrogen-bond donors (Lipinski definition) is 3. The van der Waals surface area contributed by atoms with Gasteiger partial charge < -0.3 is 10.8 Å². The normalized spacial score (nSPS) is 10.5. The van der Waals surface area contributed by atoms with Crippen LogP contribution in [0.5, 0.6) is 5.75 Å². The van der Waals surface area contributed by atoms with Gasteiger partial charge in [-0.15, -0.1) is 0 Å². The van der Waals surface area contributed by atoms with E-state index in [1.165, 1.54) is 12.1 Å². The van der Waals surface area contributed by atoms with Gasteiger partial charge in [-0.05, 0) is 34.7 Å². The third kappa shape index (κ3) is 1.95. The highest BCUT2D eigenvalue weighted by molar-refractivity contribution is 14.1. The molecule has 2 aromatic rings. The SMILES string of the molecule is NC(=O)c1n[nH]nc1-c1ccc(I)c(F)c1O. The number of aromatic amines is 1. The summed E-state index contributed by atoms with van der Waals surface area (Å²) < 4.78 is 13.7. The van der Waals surface area contributed by atoms with Crippen LogP contribution < -0.4 is 5.73 Å². The van der Waals surface area contributed by atoms with Crippen LogP contribution in [0.2, 0.25) is 0 Å². The zero-order valence-corrected chi connectivity index (χ0v) is 10.4. The van der Waals surface area contributed by atoms with E-state index < -0.39 is 17.5 Å². The number of nitrogens with two attached hydrogens (primary N) is 1. The molecule has 6 nitrogen and oxygen atoms in total. The molecule has 0 bridgehead atoms. The largest absolute Gasteiger partial charge is 0.504 e. The van der Waals surface area contributed by atoms with E-state index in [2.05, 4.69) is 15.4 Å². The lowest BCUT2D eigenvalue weighted by atomic mass is 10.1. The number of aromatic hydroxyl groups is 1. The maximum atomic E-state index is 13.5. The lowest BCUT2D eigenvalue weighted by Gasteiger charge is -2.04. The number of carbonyl (C=O) groups excluding carboxylic acids is 1. The number of halogens is 2. The first kappa shape index (κ1) is 11.8. The molecule has 0 radical (unpaired) electrons. The molecule has 0 aliphatic heterocycles. The van der Waals surface area contributed by atoms with Gasteiger partial charge in [0.2, 0.25) is 0 Å². The van der Waals surface area contributed by atoms with Crippen LogP contribution in [0.3, 0.4) is 0 Å². The van der Waals surface area contributed by atoms with Crippen molar-refractivity contribution < 1.29 is 14.3 Å². The van der Waals surface area contributed by atoms with Crippen molar-refractivity contribution in [1.29, 1.82) is 0 Å².